The molecule has 27 heavy (non-hydrogen) atoms. The van der Waals surface area contributed by atoms with E-state index >= 15 is 0 Å². The lowest BCUT2D eigenvalue weighted by atomic mass is 10.1. The van der Waals surface area contributed by atoms with Crippen LogP contribution in [0.1, 0.15) is 17.3 Å². The predicted octanol–water partition coefficient (Wildman–Crippen LogP) is 4.26. The maximum atomic E-state index is 12.5. The molecule has 0 fully saturated rings. The number of fused-ring (bicyclic) bond motifs is 1. The van der Waals surface area contributed by atoms with E-state index in [0.29, 0.717) is 32.5 Å². The number of carbonyl (C=O) groups is 2. The Hall–Kier alpha value is -2.83. The van der Waals surface area contributed by atoms with Crippen LogP contribution >= 0.6 is 23.2 Å². The number of benzene rings is 2. The molecule has 1 heterocycles. The molecule has 0 radical (unpaired) electrons. The highest BCUT2D eigenvalue weighted by molar-refractivity contribution is 6.36. The second kappa shape index (κ2) is 7.82. The molecule has 0 aliphatic carbocycles. The van der Waals surface area contributed by atoms with Crippen molar-refractivity contribution in [2.24, 2.45) is 4.99 Å². The number of carbonyl (C=O) groups excluding carboxylic acids is 2. The molecule has 3 aromatic rings. The molecule has 0 saturated carbocycles. The Bertz CT molecular complexity index is 1120. The van der Waals surface area contributed by atoms with Crippen molar-refractivity contribution in [3.8, 4) is 5.75 Å². The topological polar surface area (TPSA) is 80.9 Å². The number of hydrogen-bond donors (Lipinski definition) is 1. The third-order valence-corrected chi connectivity index (χ3v) is 4.16. The Morgan fingerprint density at radius 1 is 1.11 bits per heavy atom. The molecule has 2 amide bonds. The van der Waals surface area contributed by atoms with Crippen LogP contribution in [0.4, 0.5) is 5.69 Å². The number of nitrogens with zero attached hydrogens (tertiary/aromatic N) is 1. The Morgan fingerprint density at radius 3 is 2.56 bits per heavy atom. The van der Waals surface area contributed by atoms with Gasteiger partial charge in [-0.2, -0.15) is 0 Å². The fourth-order valence-corrected chi connectivity index (χ4v) is 2.84. The summed E-state index contributed by atoms with van der Waals surface area (Å²) in [5, 5.41) is 3.59. The molecule has 8 heteroatoms. The van der Waals surface area contributed by atoms with Gasteiger partial charge in [0.15, 0.2) is 0 Å². The molecule has 6 nitrogen and oxygen atoms in total. The van der Waals surface area contributed by atoms with Crippen LogP contribution in [0.3, 0.4) is 0 Å². The van der Waals surface area contributed by atoms with Crippen molar-refractivity contribution in [3.63, 3.8) is 0 Å². The Morgan fingerprint density at radius 2 is 1.89 bits per heavy atom. The van der Waals surface area contributed by atoms with Crippen LogP contribution in [-0.2, 0) is 4.79 Å². The summed E-state index contributed by atoms with van der Waals surface area (Å²) < 4.78 is 11.0. The molecule has 0 saturated heterocycles. The lowest BCUT2D eigenvalue weighted by Gasteiger charge is -2.06. The monoisotopic (exact) mass is 404 g/mol. The molecular weight excluding hydrogens is 391 g/mol. The van der Waals surface area contributed by atoms with E-state index in [0.717, 1.165) is 0 Å². The maximum Gasteiger partial charge on any atom is 0.263 e. The van der Waals surface area contributed by atoms with Crippen LogP contribution in [0.2, 0.25) is 10.0 Å². The number of methoxy groups -OCH3 is 1. The minimum Gasteiger partial charge on any atom is -0.497 e. The normalized spacial score (nSPS) is 11.5. The SMILES string of the molecule is COc1ccc2oc(=Nc3ccc(Cl)cc3Cl)c(C(=O)NC(C)=O)cc2c1. The molecule has 0 aliphatic rings. The van der Waals surface area contributed by atoms with Gasteiger partial charge in [-0.05, 0) is 42.5 Å². The number of rotatable bonds is 3. The molecule has 0 atom stereocenters. The van der Waals surface area contributed by atoms with Crippen molar-refractivity contribution < 1.29 is 18.7 Å². The van der Waals surface area contributed by atoms with E-state index in [1.54, 1.807) is 36.4 Å². The number of halogens is 2. The van der Waals surface area contributed by atoms with Crippen LogP contribution < -0.4 is 15.6 Å². The van der Waals surface area contributed by atoms with Gasteiger partial charge in [-0.25, -0.2) is 4.99 Å². The van der Waals surface area contributed by atoms with Crippen LogP contribution in [0, 0.1) is 0 Å². The smallest absolute Gasteiger partial charge is 0.263 e. The van der Waals surface area contributed by atoms with Crippen molar-refractivity contribution in [2.45, 2.75) is 6.92 Å². The highest BCUT2D eigenvalue weighted by atomic mass is 35.5. The number of ether oxygens (including phenoxy) is 1. The third kappa shape index (κ3) is 4.30. The van der Waals surface area contributed by atoms with Crippen molar-refractivity contribution in [1.82, 2.24) is 5.32 Å². The summed E-state index contributed by atoms with van der Waals surface area (Å²) in [4.78, 5) is 28.1. The van der Waals surface area contributed by atoms with Gasteiger partial charge in [0.2, 0.25) is 11.5 Å². The minimum atomic E-state index is -0.639. The minimum absolute atomic E-state index is 0.00985. The van der Waals surface area contributed by atoms with Gasteiger partial charge in [-0.1, -0.05) is 23.2 Å². The lowest BCUT2D eigenvalue weighted by Crippen LogP contribution is -2.32. The highest BCUT2D eigenvalue weighted by Gasteiger charge is 2.15. The summed E-state index contributed by atoms with van der Waals surface area (Å²) in [6.07, 6.45) is 0. The molecular formula is C19H14Cl2N2O4. The summed E-state index contributed by atoms with van der Waals surface area (Å²) in [5.74, 6) is -0.540. The molecule has 0 aliphatic heterocycles. The standard InChI is InChI=1S/C19H14Cl2N2O4/c1-10(24)22-18(25)14-8-11-7-13(26-2)4-6-17(11)27-19(14)23-16-5-3-12(20)9-15(16)21/h3-9H,1-2H3,(H,22,24,25). The van der Waals surface area contributed by atoms with E-state index in [1.807, 2.05) is 0 Å². The fraction of sp³-hybridized carbons (Fsp3) is 0.105. The van der Waals surface area contributed by atoms with Crippen molar-refractivity contribution in [1.29, 1.82) is 0 Å². The number of hydrogen-bond acceptors (Lipinski definition) is 5. The van der Waals surface area contributed by atoms with E-state index in [2.05, 4.69) is 10.3 Å². The van der Waals surface area contributed by atoms with Gasteiger partial charge < -0.3 is 9.15 Å². The Balaban J connectivity index is 2.26. The average Bonchev–Trinajstić information content (AvgIpc) is 2.62. The molecule has 0 unspecified atom stereocenters. The summed E-state index contributed by atoms with van der Waals surface area (Å²) in [6.45, 7) is 1.24. The molecule has 0 spiro atoms. The molecule has 138 valence electrons. The number of nitrogens with one attached hydrogen (secondary N) is 1. The van der Waals surface area contributed by atoms with Gasteiger partial charge in [0.25, 0.3) is 5.91 Å². The van der Waals surface area contributed by atoms with Crippen LogP contribution in [-0.4, -0.2) is 18.9 Å². The second-order valence-electron chi connectivity index (χ2n) is 5.59. The first-order valence-electron chi connectivity index (χ1n) is 7.81. The van der Waals surface area contributed by atoms with E-state index in [1.165, 1.54) is 20.1 Å². The predicted molar refractivity (Wildman–Crippen MR) is 103 cm³/mol. The highest BCUT2D eigenvalue weighted by Crippen LogP contribution is 2.28. The summed E-state index contributed by atoms with van der Waals surface area (Å²) in [6, 6.07) is 11.5. The molecule has 1 N–H and O–H groups in total. The zero-order valence-electron chi connectivity index (χ0n) is 14.4. The first-order chi connectivity index (χ1) is 12.9. The van der Waals surface area contributed by atoms with Gasteiger partial charge in [0, 0.05) is 17.3 Å². The zero-order valence-corrected chi connectivity index (χ0v) is 15.9. The van der Waals surface area contributed by atoms with E-state index < -0.39 is 11.8 Å². The van der Waals surface area contributed by atoms with Crippen LogP contribution in [0.25, 0.3) is 11.0 Å². The Kier molecular flexibility index (Phi) is 5.48. The maximum absolute atomic E-state index is 12.5. The van der Waals surface area contributed by atoms with Gasteiger partial charge >= 0.3 is 0 Å². The molecule has 1 aromatic heterocycles. The second-order valence-corrected chi connectivity index (χ2v) is 6.43. The van der Waals surface area contributed by atoms with E-state index in [9.17, 15) is 9.59 Å². The third-order valence-electron chi connectivity index (χ3n) is 3.62. The first kappa shape index (κ1) is 18.9. The Labute approximate surface area is 164 Å². The van der Waals surface area contributed by atoms with Gasteiger partial charge in [0.1, 0.15) is 16.9 Å². The fourth-order valence-electron chi connectivity index (χ4n) is 2.39. The van der Waals surface area contributed by atoms with E-state index in [-0.39, 0.29) is 11.1 Å². The van der Waals surface area contributed by atoms with Crippen molar-refractivity contribution >= 4 is 51.7 Å². The van der Waals surface area contributed by atoms with Crippen LogP contribution in [0.15, 0.2) is 51.9 Å². The van der Waals surface area contributed by atoms with E-state index in [4.69, 9.17) is 32.4 Å². The molecule has 0 bridgehead atoms. The number of amides is 2. The lowest BCUT2D eigenvalue weighted by molar-refractivity contribution is -0.118. The average molecular weight is 405 g/mol. The van der Waals surface area contributed by atoms with Gasteiger partial charge in [0.05, 0.1) is 17.8 Å². The van der Waals surface area contributed by atoms with Crippen LogP contribution in [0.5, 0.6) is 5.75 Å². The van der Waals surface area contributed by atoms with Gasteiger partial charge in [-0.3, -0.25) is 14.9 Å². The largest absolute Gasteiger partial charge is 0.497 e. The van der Waals surface area contributed by atoms with Gasteiger partial charge in [-0.15, -0.1) is 0 Å². The van der Waals surface area contributed by atoms with Crippen molar-refractivity contribution in [3.05, 3.63) is 63.6 Å². The number of imide groups is 1. The summed E-state index contributed by atoms with van der Waals surface area (Å²) in [7, 11) is 1.54. The summed E-state index contributed by atoms with van der Waals surface area (Å²) >= 11 is 12.1. The molecule has 2 aromatic carbocycles. The molecule has 3 rings (SSSR count). The first-order valence-corrected chi connectivity index (χ1v) is 8.56. The summed E-state index contributed by atoms with van der Waals surface area (Å²) in [5.41, 5.74) is 0.946. The quantitative estimate of drug-likeness (QED) is 0.706. The van der Waals surface area contributed by atoms with Crippen molar-refractivity contribution in [2.75, 3.05) is 7.11 Å². The zero-order chi connectivity index (χ0) is 19.6.